The van der Waals surface area contributed by atoms with Gasteiger partial charge in [-0.2, -0.15) is 10.2 Å². The van der Waals surface area contributed by atoms with Crippen molar-refractivity contribution in [3.8, 4) is 6.07 Å². The first kappa shape index (κ1) is 21.5. The number of hydrogen-bond donors (Lipinski definition) is 3. The Morgan fingerprint density at radius 3 is 2.81 bits per heavy atom. The summed E-state index contributed by atoms with van der Waals surface area (Å²) in [5.41, 5.74) is 9.78. The van der Waals surface area contributed by atoms with Gasteiger partial charge >= 0.3 is 0 Å². The molecule has 0 saturated carbocycles. The number of hydrogen-bond acceptors (Lipinski definition) is 8. The van der Waals surface area contributed by atoms with Gasteiger partial charge in [-0.15, -0.1) is 10.2 Å². The number of amides is 1. The molecule has 162 valence electrons. The van der Waals surface area contributed by atoms with E-state index in [-0.39, 0.29) is 23.9 Å². The van der Waals surface area contributed by atoms with Gasteiger partial charge in [0.1, 0.15) is 0 Å². The maximum absolute atomic E-state index is 11.9. The molecule has 2 aromatic carbocycles. The monoisotopic (exact) mass is 448 g/mol. The van der Waals surface area contributed by atoms with Crippen LogP contribution >= 0.6 is 11.6 Å². The van der Waals surface area contributed by atoms with Crippen molar-refractivity contribution in [3.63, 3.8) is 0 Å². The summed E-state index contributed by atoms with van der Waals surface area (Å²) in [6, 6.07) is 13.3. The second-order valence-electron chi connectivity index (χ2n) is 7.53. The minimum atomic E-state index is -0.771. The van der Waals surface area contributed by atoms with Gasteiger partial charge in [0.2, 0.25) is 5.95 Å². The standard InChI is InChI=1S/C22H21ClN8O/c1-31-9-7-14-11-18(16(23)10-15(14)12-31)27-22-28-21(19(20(25)32)29-30-22)26-17-5-3-2-4-13(17)6-8-24/h2-5,10-11H,6-7,9,12H2,1H3,(H2,25,32)(H2,26,27,28,30). The zero-order chi connectivity index (χ0) is 22.7. The Labute approximate surface area is 190 Å². The van der Waals surface area contributed by atoms with Crippen LogP contribution in [0.2, 0.25) is 5.02 Å². The van der Waals surface area contributed by atoms with Gasteiger partial charge in [0.15, 0.2) is 11.5 Å². The number of carbonyl (C=O) groups excluding carboxylic acids is 1. The molecule has 0 fully saturated rings. The number of benzene rings is 2. The molecule has 1 aromatic heterocycles. The number of nitrogens with two attached hydrogens (primary N) is 1. The number of primary amides is 1. The lowest BCUT2D eigenvalue weighted by atomic mass is 9.99. The number of fused-ring (bicyclic) bond motifs is 1. The number of nitrogens with zero attached hydrogens (tertiary/aromatic N) is 5. The van der Waals surface area contributed by atoms with E-state index in [0.717, 1.165) is 25.1 Å². The fourth-order valence-electron chi connectivity index (χ4n) is 3.58. The normalized spacial score (nSPS) is 13.2. The van der Waals surface area contributed by atoms with Gasteiger partial charge in [-0.25, -0.2) is 0 Å². The number of rotatable bonds is 6. The number of para-hydroxylation sites is 1. The maximum atomic E-state index is 11.9. The van der Waals surface area contributed by atoms with Crippen molar-refractivity contribution in [2.45, 2.75) is 19.4 Å². The first-order valence-electron chi connectivity index (χ1n) is 9.98. The van der Waals surface area contributed by atoms with Gasteiger partial charge in [-0.3, -0.25) is 4.79 Å². The molecule has 32 heavy (non-hydrogen) atoms. The van der Waals surface area contributed by atoms with Gasteiger partial charge in [0.25, 0.3) is 5.91 Å². The van der Waals surface area contributed by atoms with Crippen LogP contribution in [0, 0.1) is 11.3 Å². The second kappa shape index (κ2) is 9.18. The molecule has 0 bridgehead atoms. The van der Waals surface area contributed by atoms with Crippen molar-refractivity contribution in [1.82, 2.24) is 20.1 Å². The summed E-state index contributed by atoms with van der Waals surface area (Å²) >= 11 is 6.49. The number of aromatic nitrogens is 3. The lowest BCUT2D eigenvalue weighted by Gasteiger charge is -2.26. The Morgan fingerprint density at radius 1 is 1.22 bits per heavy atom. The van der Waals surface area contributed by atoms with Gasteiger partial charge in [0.05, 0.1) is 23.2 Å². The predicted octanol–water partition coefficient (Wildman–Crippen LogP) is 3.17. The summed E-state index contributed by atoms with van der Waals surface area (Å²) in [5.74, 6) is -0.478. The number of nitrogens with one attached hydrogen (secondary N) is 2. The van der Waals surface area contributed by atoms with Crippen LogP contribution in [0.5, 0.6) is 0 Å². The summed E-state index contributed by atoms with van der Waals surface area (Å²) in [5, 5.41) is 23.7. The lowest BCUT2D eigenvalue weighted by molar-refractivity contribution is 0.0995. The molecule has 10 heteroatoms. The Hall–Kier alpha value is -3.74. The third-order valence-corrected chi connectivity index (χ3v) is 5.51. The smallest absolute Gasteiger partial charge is 0.273 e. The molecular weight excluding hydrogens is 428 g/mol. The van der Waals surface area contributed by atoms with E-state index >= 15 is 0 Å². The van der Waals surface area contributed by atoms with Crippen LogP contribution in [0.3, 0.4) is 0 Å². The summed E-state index contributed by atoms with van der Waals surface area (Å²) in [7, 11) is 2.08. The largest absolute Gasteiger partial charge is 0.364 e. The molecule has 4 N–H and O–H groups in total. The van der Waals surface area contributed by atoms with Crippen molar-refractivity contribution >= 4 is 40.6 Å². The highest BCUT2D eigenvalue weighted by Crippen LogP contribution is 2.31. The fourth-order valence-corrected chi connectivity index (χ4v) is 3.81. The maximum Gasteiger partial charge on any atom is 0.273 e. The zero-order valence-corrected chi connectivity index (χ0v) is 18.1. The highest BCUT2D eigenvalue weighted by Gasteiger charge is 2.19. The Kier molecular flexibility index (Phi) is 6.16. The van der Waals surface area contributed by atoms with Crippen LogP contribution < -0.4 is 16.4 Å². The molecule has 0 spiro atoms. The molecule has 1 aliphatic rings. The molecule has 1 aliphatic heterocycles. The number of carbonyl (C=O) groups is 1. The van der Waals surface area contributed by atoms with Gasteiger partial charge in [-0.1, -0.05) is 29.8 Å². The Bertz CT molecular complexity index is 1220. The molecule has 0 unspecified atom stereocenters. The molecule has 0 atom stereocenters. The molecule has 1 amide bonds. The van der Waals surface area contributed by atoms with E-state index in [1.807, 2.05) is 30.3 Å². The number of nitriles is 1. The van der Waals surface area contributed by atoms with Crippen LogP contribution in [-0.2, 0) is 19.4 Å². The minimum absolute atomic E-state index is 0.109. The highest BCUT2D eigenvalue weighted by atomic mass is 35.5. The van der Waals surface area contributed by atoms with Crippen molar-refractivity contribution < 1.29 is 4.79 Å². The van der Waals surface area contributed by atoms with Crippen molar-refractivity contribution in [3.05, 3.63) is 63.8 Å². The van der Waals surface area contributed by atoms with E-state index in [0.29, 0.717) is 16.4 Å². The van der Waals surface area contributed by atoms with Gasteiger partial charge in [-0.05, 0) is 48.4 Å². The molecule has 4 rings (SSSR count). The van der Waals surface area contributed by atoms with E-state index in [9.17, 15) is 4.79 Å². The number of halogens is 1. The molecular formula is C22H21ClN8O. The van der Waals surface area contributed by atoms with E-state index in [1.165, 1.54) is 11.1 Å². The highest BCUT2D eigenvalue weighted by molar-refractivity contribution is 6.33. The third-order valence-electron chi connectivity index (χ3n) is 5.20. The first-order chi connectivity index (χ1) is 15.4. The van der Waals surface area contributed by atoms with Crippen molar-refractivity contribution in [2.75, 3.05) is 24.2 Å². The number of likely N-dealkylation sites (N-methyl/N-ethyl adjacent to an activating group) is 1. The van der Waals surface area contributed by atoms with Crippen molar-refractivity contribution in [1.29, 1.82) is 5.26 Å². The molecule has 9 nitrogen and oxygen atoms in total. The Morgan fingerprint density at radius 2 is 2.03 bits per heavy atom. The van der Waals surface area contributed by atoms with Crippen molar-refractivity contribution in [2.24, 2.45) is 5.73 Å². The van der Waals surface area contributed by atoms with E-state index < -0.39 is 5.91 Å². The predicted molar refractivity (Wildman–Crippen MR) is 122 cm³/mol. The quantitative estimate of drug-likeness (QED) is 0.523. The summed E-state index contributed by atoms with van der Waals surface area (Å²) < 4.78 is 0. The van der Waals surface area contributed by atoms with Crippen LogP contribution in [0.25, 0.3) is 0 Å². The average molecular weight is 449 g/mol. The minimum Gasteiger partial charge on any atom is -0.364 e. The fraction of sp³-hybridized carbons (Fsp3) is 0.227. The second-order valence-corrected chi connectivity index (χ2v) is 7.93. The van der Waals surface area contributed by atoms with E-state index in [1.54, 1.807) is 6.07 Å². The van der Waals surface area contributed by atoms with Crippen LogP contribution in [0.4, 0.5) is 23.1 Å². The lowest BCUT2D eigenvalue weighted by Crippen LogP contribution is -2.26. The van der Waals surface area contributed by atoms with E-state index in [4.69, 9.17) is 22.6 Å². The van der Waals surface area contributed by atoms with Crippen LogP contribution in [0.15, 0.2) is 36.4 Å². The summed E-state index contributed by atoms with van der Waals surface area (Å²) in [6.07, 6.45) is 1.11. The molecule has 0 saturated heterocycles. The topological polar surface area (TPSA) is 133 Å². The zero-order valence-electron chi connectivity index (χ0n) is 17.4. The Balaban J connectivity index is 1.66. The molecule has 0 aliphatic carbocycles. The number of anilines is 4. The van der Waals surface area contributed by atoms with E-state index in [2.05, 4.69) is 43.8 Å². The summed E-state index contributed by atoms with van der Waals surface area (Å²) in [6.45, 7) is 1.81. The first-order valence-corrected chi connectivity index (χ1v) is 10.4. The molecule has 2 heterocycles. The SMILES string of the molecule is CN1CCc2cc(Nc3nnc(C(N)=O)c(Nc4ccccc4CC#N)n3)c(Cl)cc2C1. The van der Waals surface area contributed by atoms with Gasteiger partial charge in [0, 0.05) is 18.8 Å². The van der Waals surface area contributed by atoms with Crippen LogP contribution in [-0.4, -0.2) is 39.6 Å². The van der Waals surface area contributed by atoms with Crippen LogP contribution in [0.1, 0.15) is 27.2 Å². The third kappa shape index (κ3) is 4.61. The molecule has 3 aromatic rings. The summed E-state index contributed by atoms with van der Waals surface area (Å²) in [4.78, 5) is 18.5. The van der Waals surface area contributed by atoms with Gasteiger partial charge < -0.3 is 21.3 Å². The molecule has 0 radical (unpaired) electrons. The average Bonchev–Trinajstić information content (AvgIpc) is 2.76.